The second-order valence-corrected chi connectivity index (χ2v) is 5.68. The molecular formula is C10H14ClFN2O2S. The maximum Gasteiger partial charge on any atom is 0.234 e. The average Bonchev–Trinajstić information content (AvgIpc) is 2.22. The van der Waals surface area contributed by atoms with Crippen LogP contribution in [-0.2, 0) is 10.0 Å². The van der Waals surface area contributed by atoms with Crippen LogP contribution in [0.1, 0.15) is 6.92 Å². The van der Waals surface area contributed by atoms with Crippen molar-refractivity contribution < 1.29 is 12.8 Å². The molecule has 4 nitrogen and oxygen atoms in total. The molecule has 0 amide bonds. The quantitative estimate of drug-likeness (QED) is 0.782. The largest absolute Gasteiger partial charge is 0.316 e. The summed E-state index contributed by atoms with van der Waals surface area (Å²) >= 11 is 5.56. The molecule has 0 radical (unpaired) electrons. The molecule has 0 unspecified atom stereocenters. The van der Waals surface area contributed by atoms with Crippen molar-refractivity contribution in [3.05, 3.63) is 29.0 Å². The number of rotatable bonds is 6. The van der Waals surface area contributed by atoms with E-state index in [0.717, 1.165) is 6.07 Å². The number of hydrogen-bond acceptors (Lipinski definition) is 3. The molecule has 0 saturated carbocycles. The van der Waals surface area contributed by atoms with Crippen LogP contribution in [0.4, 0.5) is 10.1 Å². The van der Waals surface area contributed by atoms with E-state index >= 15 is 0 Å². The SMILES string of the molecule is CCNCCS(=O)(=O)Nc1ccc(Cl)cc1F. The minimum atomic E-state index is -3.54. The molecule has 0 aromatic heterocycles. The smallest absolute Gasteiger partial charge is 0.234 e. The summed E-state index contributed by atoms with van der Waals surface area (Å²) in [7, 11) is -3.54. The van der Waals surface area contributed by atoms with Crippen molar-refractivity contribution in [3.8, 4) is 0 Å². The fourth-order valence-electron chi connectivity index (χ4n) is 1.17. The van der Waals surface area contributed by atoms with E-state index in [2.05, 4.69) is 10.0 Å². The van der Waals surface area contributed by atoms with Crippen molar-refractivity contribution in [1.82, 2.24) is 5.32 Å². The van der Waals surface area contributed by atoms with Gasteiger partial charge in [-0.25, -0.2) is 12.8 Å². The van der Waals surface area contributed by atoms with Gasteiger partial charge >= 0.3 is 0 Å². The van der Waals surface area contributed by atoms with Gasteiger partial charge < -0.3 is 5.32 Å². The van der Waals surface area contributed by atoms with Crippen LogP contribution in [0.15, 0.2) is 18.2 Å². The first-order valence-electron chi connectivity index (χ1n) is 5.11. The van der Waals surface area contributed by atoms with Crippen LogP contribution in [0.3, 0.4) is 0 Å². The summed E-state index contributed by atoms with van der Waals surface area (Å²) < 4.78 is 38.6. The van der Waals surface area contributed by atoms with Crippen LogP contribution in [0.25, 0.3) is 0 Å². The van der Waals surface area contributed by atoms with Crippen molar-refractivity contribution >= 4 is 27.3 Å². The lowest BCUT2D eigenvalue weighted by Gasteiger charge is -2.09. The Morgan fingerprint density at radius 2 is 2.12 bits per heavy atom. The Bertz CT molecular complexity index is 479. The third kappa shape index (κ3) is 4.89. The molecule has 2 N–H and O–H groups in total. The molecule has 0 aliphatic carbocycles. The highest BCUT2D eigenvalue weighted by Gasteiger charge is 2.12. The fourth-order valence-corrected chi connectivity index (χ4v) is 2.35. The number of halogens is 2. The van der Waals surface area contributed by atoms with Crippen LogP contribution in [0.5, 0.6) is 0 Å². The van der Waals surface area contributed by atoms with Gasteiger partial charge in [-0.05, 0) is 24.7 Å². The average molecular weight is 281 g/mol. The molecule has 1 aromatic rings. The maximum absolute atomic E-state index is 13.3. The molecule has 0 aliphatic heterocycles. The predicted octanol–water partition coefficient (Wildman–Crippen LogP) is 1.83. The lowest BCUT2D eigenvalue weighted by atomic mass is 10.3. The highest BCUT2D eigenvalue weighted by atomic mass is 35.5. The highest BCUT2D eigenvalue weighted by Crippen LogP contribution is 2.19. The molecule has 0 spiro atoms. The van der Waals surface area contributed by atoms with Crippen LogP contribution in [-0.4, -0.2) is 27.3 Å². The molecule has 0 fully saturated rings. The van der Waals surface area contributed by atoms with E-state index in [1.54, 1.807) is 0 Å². The molecule has 96 valence electrons. The topological polar surface area (TPSA) is 58.2 Å². The Kier molecular flexibility index (Phi) is 5.17. The van der Waals surface area contributed by atoms with E-state index in [1.807, 2.05) is 6.92 Å². The number of anilines is 1. The second kappa shape index (κ2) is 6.18. The molecule has 0 saturated heterocycles. The lowest BCUT2D eigenvalue weighted by molar-refractivity contribution is 0.594. The van der Waals surface area contributed by atoms with Gasteiger partial charge in [-0.1, -0.05) is 18.5 Å². The maximum atomic E-state index is 13.3. The monoisotopic (exact) mass is 280 g/mol. The van der Waals surface area contributed by atoms with Crippen LogP contribution in [0, 0.1) is 5.82 Å². The first-order valence-corrected chi connectivity index (χ1v) is 7.14. The van der Waals surface area contributed by atoms with Crippen molar-refractivity contribution in [3.63, 3.8) is 0 Å². The van der Waals surface area contributed by atoms with Gasteiger partial charge in [0.25, 0.3) is 0 Å². The Labute approximate surface area is 105 Å². The van der Waals surface area contributed by atoms with Crippen LogP contribution >= 0.6 is 11.6 Å². The molecule has 0 bridgehead atoms. The summed E-state index contributed by atoms with van der Waals surface area (Å²) in [6.07, 6.45) is 0. The van der Waals surface area contributed by atoms with Crippen molar-refractivity contribution in [2.24, 2.45) is 0 Å². The number of hydrogen-bond donors (Lipinski definition) is 2. The molecule has 7 heteroatoms. The van der Waals surface area contributed by atoms with Gasteiger partial charge in [0.1, 0.15) is 5.82 Å². The summed E-state index contributed by atoms with van der Waals surface area (Å²) in [6, 6.07) is 3.78. The standard InChI is InChI=1S/C10H14ClFN2O2S/c1-2-13-5-6-17(15,16)14-10-4-3-8(11)7-9(10)12/h3-4,7,13-14H,2,5-6H2,1H3. The first kappa shape index (κ1) is 14.2. The summed E-state index contributed by atoms with van der Waals surface area (Å²) in [6.45, 7) is 2.88. The third-order valence-electron chi connectivity index (χ3n) is 1.99. The zero-order valence-corrected chi connectivity index (χ0v) is 10.9. The minimum Gasteiger partial charge on any atom is -0.316 e. The summed E-state index contributed by atoms with van der Waals surface area (Å²) in [5.74, 6) is -0.798. The van der Waals surface area contributed by atoms with E-state index < -0.39 is 15.8 Å². The van der Waals surface area contributed by atoms with Crippen molar-refractivity contribution in [1.29, 1.82) is 0 Å². The molecular weight excluding hydrogens is 267 g/mol. The van der Waals surface area contributed by atoms with Gasteiger partial charge in [-0.3, -0.25) is 4.72 Å². The van der Waals surface area contributed by atoms with Crippen LogP contribution in [0.2, 0.25) is 5.02 Å². The Morgan fingerprint density at radius 3 is 2.71 bits per heavy atom. The Hall–Kier alpha value is -0.850. The number of sulfonamides is 1. The summed E-state index contributed by atoms with van der Waals surface area (Å²) in [5, 5.41) is 3.10. The summed E-state index contributed by atoms with van der Waals surface area (Å²) in [4.78, 5) is 0. The van der Waals surface area contributed by atoms with Crippen LogP contribution < -0.4 is 10.0 Å². The fraction of sp³-hybridized carbons (Fsp3) is 0.400. The van der Waals surface area contributed by atoms with Gasteiger partial charge in [0.15, 0.2) is 0 Å². The van der Waals surface area contributed by atoms with E-state index in [9.17, 15) is 12.8 Å². The van der Waals surface area contributed by atoms with E-state index in [0.29, 0.717) is 13.1 Å². The zero-order valence-electron chi connectivity index (χ0n) is 9.33. The summed E-state index contributed by atoms with van der Waals surface area (Å²) in [5.41, 5.74) is -0.0918. The normalized spacial score (nSPS) is 11.5. The zero-order chi connectivity index (χ0) is 12.9. The van der Waals surface area contributed by atoms with Gasteiger partial charge in [0.2, 0.25) is 10.0 Å². The second-order valence-electron chi connectivity index (χ2n) is 3.40. The van der Waals surface area contributed by atoms with Gasteiger partial charge in [0.05, 0.1) is 11.4 Å². The molecule has 1 rings (SSSR count). The molecule has 0 atom stereocenters. The van der Waals surface area contributed by atoms with E-state index in [4.69, 9.17) is 11.6 Å². The predicted molar refractivity (Wildman–Crippen MR) is 67.4 cm³/mol. The Morgan fingerprint density at radius 1 is 1.41 bits per heavy atom. The van der Waals surface area contributed by atoms with E-state index in [1.165, 1.54) is 12.1 Å². The Balaban J connectivity index is 2.69. The van der Waals surface area contributed by atoms with Crippen molar-refractivity contribution in [2.75, 3.05) is 23.6 Å². The van der Waals surface area contributed by atoms with E-state index in [-0.39, 0.29) is 16.5 Å². The van der Waals surface area contributed by atoms with Gasteiger partial charge in [-0.15, -0.1) is 0 Å². The highest BCUT2D eigenvalue weighted by molar-refractivity contribution is 7.92. The molecule has 0 heterocycles. The lowest BCUT2D eigenvalue weighted by Crippen LogP contribution is -2.26. The number of nitrogens with one attached hydrogen (secondary N) is 2. The molecule has 1 aromatic carbocycles. The van der Waals surface area contributed by atoms with Gasteiger partial charge in [-0.2, -0.15) is 0 Å². The first-order chi connectivity index (χ1) is 7.94. The molecule has 17 heavy (non-hydrogen) atoms. The minimum absolute atomic E-state index is 0.0918. The van der Waals surface area contributed by atoms with Gasteiger partial charge in [0, 0.05) is 11.6 Å². The third-order valence-corrected chi connectivity index (χ3v) is 3.50. The number of benzene rings is 1. The van der Waals surface area contributed by atoms with Crippen molar-refractivity contribution in [2.45, 2.75) is 6.92 Å². The molecule has 0 aliphatic rings.